The lowest BCUT2D eigenvalue weighted by Gasteiger charge is -2.23. The van der Waals surface area contributed by atoms with Crippen LogP contribution in [0.15, 0.2) is 30.5 Å². The number of hydrogen-bond acceptors (Lipinski definition) is 4. The fraction of sp³-hybridized carbons (Fsp3) is 0.100. The van der Waals surface area contributed by atoms with Crippen LogP contribution in [0.4, 0.5) is 5.13 Å². The van der Waals surface area contributed by atoms with E-state index in [1.807, 2.05) is 0 Å². The Kier molecular flexibility index (Phi) is 4.08. The Labute approximate surface area is 124 Å². The van der Waals surface area contributed by atoms with E-state index in [1.54, 1.807) is 24.3 Å². The van der Waals surface area contributed by atoms with Crippen molar-refractivity contribution in [3.63, 3.8) is 0 Å². The van der Waals surface area contributed by atoms with Gasteiger partial charge in [-0.3, -0.25) is 0 Å². The molecule has 0 bridgehead atoms. The molecule has 0 spiro atoms. The molecule has 96 valence electrons. The third-order valence-electron chi connectivity index (χ3n) is 2.30. The zero-order valence-electron chi connectivity index (χ0n) is 8.84. The van der Waals surface area contributed by atoms with E-state index in [0.29, 0.717) is 20.6 Å². The molecule has 2 unspecified atom stereocenters. The lowest BCUT2D eigenvalue weighted by Crippen LogP contribution is -2.24. The minimum Gasteiger partial charge on any atom is -0.375 e. The molecule has 4 nitrogen and oxygen atoms in total. The van der Waals surface area contributed by atoms with Gasteiger partial charge in [0.05, 0.1) is 4.88 Å². The maximum absolute atomic E-state index is 11.7. The number of anilines is 1. The smallest absolute Gasteiger partial charge is 0.188 e. The van der Waals surface area contributed by atoms with Gasteiger partial charge in [0.1, 0.15) is 0 Å². The average Bonchev–Trinajstić information content (AvgIpc) is 2.75. The van der Waals surface area contributed by atoms with Crippen molar-refractivity contribution < 1.29 is 8.76 Å². The number of hydrogen-bond donors (Lipinski definition) is 2. The summed E-state index contributed by atoms with van der Waals surface area (Å²) < 4.78 is 20.0. The van der Waals surface area contributed by atoms with E-state index in [4.69, 9.17) is 17.3 Å². The molecule has 0 radical (unpaired) electrons. The first-order valence-corrected chi connectivity index (χ1v) is 7.82. The van der Waals surface area contributed by atoms with Gasteiger partial charge in [-0.05, 0) is 6.07 Å². The van der Waals surface area contributed by atoms with Crippen LogP contribution in [-0.2, 0) is 14.7 Å². The summed E-state index contributed by atoms with van der Waals surface area (Å²) in [4.78, 5) is 4.42. The molecule has 3 N–H and O–H groups in total. The highest BCUT2D eigenvalue weighted by Crippen LogP contribution is 2.46. The summed E-state index contributed by atoms with van der Waals surface area (Å²) in [6.45, 7) is 0. The van der Waals surface area contributed by atoms with Crippen molar-refractivity contribution in [3.05, 3.63) is 45.9 Å². The monoisotopic (exact) mass is 366 g/mol. The van der Waals surface area contributed by atoms with Crippen LogP contribution >= 0.6 is 38.9 Å². The molecule has 8 heteroatoms. The van der Waals surface area contributed by atoms with Gasteiger partial charge in [0.2, 0.25) is 0 Å². The predicted octanol–water partition coefficient (Wildman–Crippen LogP) is 3.20. The van der Waals surface area contributed by atoms with Crippen molar-refractivity contribution in [1.29, 1.82) is 0 Å². The zero-order valence-corrected chi connectivity index (χ0v) is 12.8. The van der Waals surface area contributed by atoms with Crippen molar-refractivity contribution in [2.24, 2.45) is 0 Å². The summed E-state index contributed by atoms with van der Waals surface area (Å²) >= 11 is 8.31. The summed E-state index contributed by atoms with van der Waals surface area (Å²) in [5, 5.41) is 0.718. The Balaban J connectivity index is 2.66. The number of halogens is 2. The predicted molar refractivity (Wildman–Crippen MR) is 78.5 cm³/mol. The lowest BCUT2D eigenvalue weighted by atomic mass is 10.1. The van der Waals surface area contributed by atoms with Gasteiger partial charge >= 0.3 is 0 Å². The van der Waals surface area contributed by atoms with Crippen molar-refractivity contribution in [2.45, 2.75) is 3.66 Å². The first kappa shape index (κ1) is 14.0. The largest absolute Gasteiger partial charge is 0.375 e. The Bertz CT molecular complexity index is 607. The van der Waals surface area contributed by atoms with Gasteiger partial charge in [-0.1, -0.05) is 57.1 Å². The molecule has 1 heterocycles. The number of thiazole rings is 1. The highest BCUT2D eigenvalue weighted by Gasteiger charge is 2.41. The topological polar surface area (TPSA) is 76.2 Å². The molecule has 0 fully saturated rings. The second kappa shape index (κ2) is 5.26. The van der Waals surface area contributed by atoms with Crippen LogP contribution in [0, 0.1) is 0 Å². The minimum atomic E-state index is -2.22. The molecular weight excluding hydrogens is 360 g/mol. The average molecular weight is 368 g/mol. The zero-order chi connectivity index (χ0) is 13.3. The van der Waals surface area contributed by atoms with Crippen molar-refractivity contribution in [1.82, 2.24) is 4.98 Å². The van der Waals surface area contributed by atoms with Gasteiger partial charge in [0.15, 0.2) is 19.9 Å². The van der Waals surface area contributed by atoms with Crippen molar-refractivity contribution >= 4 is 55.1 Å². The molecular formula is C10H8BrClN2O2S2. The van der Waals surface area contributed by atoms with Crippen LogP contribution in [0.1, 0.15) is 10.4 Å². The summed E-state index contributed by atoms with van der Waals surface area (Å²) in [5.74, 6) is 0. The van der Waals surface area contributed by atoms with E-state index in [-0.39, 0.29) is 0 Å². The number of nitrogens with two attached hydrogens (primary N) is 1. The molecule has 18 heavy (non-hydrogen) atoms. The molecule has 0 saturated carbocycles. The second-order valence-corrected chi connectivity index (χ2v) is 7.68. The third kappa shape index (κ3) is 2.33. The summed E-state index contributed by atoms with van der Waals surface area (Å²) in [5.41, 5.74) is 6.06. The second-order valence-electron chi connectivity index (χ2n) is 3.39. The Morgan fingerprint density at radius 2 is 2.17 bits per heavy atom. The molecule has 0 saturated heterocycles. The minimum absolute atomic E-state index is 0.325. The molecule has 1 aromatic carbocycles. The van der Waals surface area contributed by atoms with Crippen LogP contribution in [0.2, 0.25) is 5.02 Å². The number of nitrogens with zero attached hydrogens (tertiary/aromatic N) is 1. The van der Waals surface area contributed by atoms with Gasteiger partial charge < -0.3 is 10.3 Å². The lowest BCUT2D eigenvalue weighted by molar-refractivity contribution is 0.554. The quantitative estimate of drug-likeness (QED) is 0.645. The molecule has 0 aliphatic rings. The Morgan fingerprint density at radius 3 is 2.67 bits per heavy atom. The van der Waals surface area contributed by atoms with Gasteiger partial charge in [-0.25, -0.2) is 9.19 Å². The van der Waals surface area contributed by atoms with Crippen molar-refractivity contribution in [2.75, 3.05) is 5.73 Å². The summed E-state index contributed by atoms with van der Waals surface area (Å²) in [6, 6.07) is 6.83. The maximum Gasteiger partial charge on any atom is 0.188 e. The van der Waals surface area contributed by atoms with Gasteiger partial charge in [-0.2, -0.15) is 0 Å². The van der Waals surface area contributed by atoms with E-state index >= 15 is 0 Å². The van der Waals surface area contributed by atoms with Crippen LogP contribution in [0.5, 0.6) is 0 Å². The molecule has 2 atom stereocenters. The highest BCUT2D eigenvalue weighted by atomic mass is 79.9. The molecule has 0 aliphatic heterocycles. The number of benzene rings is 1. The van der Waals surface area contributed by atoms with Crippen LogP contribution < -0.4 is 5.73 Å². The van der Waals surface area contributed by atoms with Crippen molar-refractivity contribution in [3.8, 4) is 0 Å². The molecule has 2 rings (SSSR count). The van der Waals surface area contributed by atoms with E-state index in [9.17, 15) is 8.76 Å². The van der Waals surface area contributed by atoms with E-state index < -0.39 is 14.7 Å². The Hall–Kier alpha value is -0.470. The molecule has 0 amide bonds. The maximum atomic E-state index is 11.7. The molecule has 0 aliphatic carbocycles. The fourth-order valence-corrected chi connectivity index (χ4v) is 4.22. The van der Waals surface area contributed by atoms with E-state index in [1.165, 1.54) is 6.20 Å². The highest BCUT2D eigenvalue weighted by molar-refractivity contribution is 9.11. The number of aromatic nitrogens is 1. The number of nitrogen functional groups attached to an aromatic ring is 1. The van der Waals surface area contributed by atoms with Crippen LogP contribution in [0.25, 0.3) is 0 Å². The Morgan fingerprint density at radius 1 is 1.50 bits per heavy atom. The van der Waals surface area contributed by atoms with E-state index in [2.05, 4.69) is 20.9 Å². The molecule has 1 aromatic heterocycles. The summed E-state index contributed by atoms with van der Waals surface area (Å²) in [7, 11) is 0. The third-order valence-corrected chi connectivity index (χ3v) is 6.57. The normalized spacial score (nSPS) is 16.2. The van der Waals surface area contributed by atoms with Gasteiger partial charge in [0.25, 0.3) is 0 Å². The fourth-order valence-electron chi connectivity index (χ4n) is 1.47. The first-order chi connectivity index (χ1) is 8.46. The number of alkyl halides is 1. The molecule has 2 aromatic rings. The summed E-state index contributed by atoms with van der Waals surface area (Å²) in [6.07, 6.45) is 1.46. The van der Waals surface area contributed by atoms with Crippen LogP contribution in [0.3, 0.4) is 0 Å². The standard InChI is InChI=1S/C10H8BrClN2O2S2/c11-10(18(15)16,8-5-14-9(13)17-8)6-3-1-2-4-7(6)12/h1-5H,(H2,13,14)(H,15,16). The SMILES string of the molecule is Nc1ncc(C(Br)(c2ccccc2Cl)S(=O)O)s1. The van der Waals surface area contributed by atoms with Crippen LogP contribution in [-0.4, -0.2) is 13.7 Å². The van der Waals surface area contributed by atoms with Gasteiger partial charge in [0, 0.05) is 16.8 Å². The van der Waals surface area contributed by atoms with E-state index in [0.717, 1.165) is 11.3 Å². The first-order valence-electron chi connectivity index (χ1n) is 4.73. The van der Waals surface area contributed by atoms with Gasteiger partial charge in [-0.15, -0.1) is 0 Å². The number of rotatable bonds is 3.